The maximum absolute atomic E-state index is 13.5. The largest absolute Gasteiger partial charge is 0.328 e. The number of Topliss-reactive ketones (excluding diaryl/α,β-unsaturated/α-hetero) is 1. The van der Waals surface area contributed by atoms with E-state index in [2.05, 4.69) is 40.5 Å². The fourth-order valence-electron chi connectivity index (χ4n) is 4.37. The van der Waals surface area contributed by atoms with Gasteiger partial charge in [0.15, 0.2) is 0 Å². The van der Waals surface area contributed by atoms with E-state index in [4.69, 9.17) is 0 Å². The molecule has 6 heteroatoms. The summed E-state index contributed by atoms with van der Waals surface area (Å²) >= 11 is 0. The van der Waals surface area contributed by atoms with E-state index in [1.165, 1.54) is 24.0 Å². The average molecular weight is 374 g/mol. The van der Waals surface area contributed by atoms with Gasteiger partial charge in [-0.2, -0.15) is 10.1 Å². The number of anilines is 1. The summed E-state index contributed by atoms with van der Waals surface area (Å²) < 4.78 is 15.2. The first-order chi connectivity index (χ1) is 13.6. The van der Waals surface area contributed by atoms with E-state index in [0.717, 1.165) is 16.8 Å². The second-order valence-electron chi connectivity index (χ2n) is 7.38. The summed E-state index contributed by atoms with van der Waals surface area (Å²) in [6.45, 7) is 2.07. The molecule has 0 spiro atoms. The van der Waals surface area contributed by atoms with Crippen LogP contribution in [0.1, 0.15) is 35.1 Å². The van der Waals surface area contributed by atoms with Gasteiger partial charge in [0.2, 0.25) is 5.95 Å². The number of halogens is 1. The molecule has 0 bridgehead atoms. The summed E-state index contributed by atoms with van der Waals surface area (Å²) in [6, 6.07) is 14.1. The molecule has 5 nitrogen and oxygen atoms in total. The molecule has 0 saturated heterocycles. The molecule has 1 aliphatic carbocycles. The predicted molar refractivity (Wildman–Crippen MR) is 103 cm³/mol. The number of fused-ring (bicyclic) bond motifs is 2. The number of ketones is 1. The first-order valence-electron chi connectivity index (χ1n) is 9.34. The van der Waals surface area contributed by atoms with Crippen LogP contribution < -0.4 is 5.32 Å². The number of allylic oxidation sites excluding steroid dienone is 2. The highest BCUT2D eigenvalue weighted by molar-refractivity contribution is 5.88. The number of nitrogens with zero attached hydrogens (tertiary/aromatic N) is 3. The molecule has 0 amide bonds. The lowest BCUT2D eigenvalue weighted by Gasteiger charge is -2.38. The van der Waals surface area contributed by atoms with Crippen molar-refractivity contribution in [3.8, 4) is 0 Å². The third kappa shape index (κ3) is 2.64. The van der Waals surface area contributed by atoms with Gasteiger partial charge in [-0.25, -0.2) is 9.07 Å². The van der Waals surface area contributed by atoms with Crippen molar-refractivity contribution < 1.29 is 9.18 Å². The van der Waals surface area contributed by atoms with Gasteiger partial charge in [-0.1, -0.05) is 42.5 Å². The number of aromatic nitrogens is 3. The van der Waals surface area contributed by atoms with Gasteiger partial charge in [-0.05, 0) is 35.7 Å². The lowest BCUT2D eigenvalue weighted by molar-refractivity contribution is -0.123. The molecule has 5 rings (SSSR count). The first kappa shape index (κ1) is 16.9. The Balaban J connectivity index is 1.62. The number of carbonyl (C=O) groups excluding carboxylic acids is 1. The van der Waals surface area contributed by atoms with E-state index >= 15 is 0 Å². The highest BCUT2D eigenvalue weighted by Gasteiger charge is 2.43. The third-order valence-corrected chi connectivity index (χ3v) is 5.69. The van der Waals surface area contributed by atoms with Crippen molar-refractivity contribution in [1.29, 1.82) is 0 Å². The molecule has 2 aliphatic rings. The summed E-state index contributed by atoms with van der Waals surface area (Å²) in [5.74, 6) is 0.0707. The minimum Gasteiger partial charge on any atom is -0.328 e. The lowest BCUT2D eigenvalue weighted by atomic mass is 9.75. The van der Waals surface area contributed by atoms with Crippen molar-refractivity contribution >= 4 is 11.7 Å². The van der Waals surface area contributed by atoms with Gasteiger partial charge in [0.25, 0.3) is 0 Å². The fraction of sp³-hybridized carbons (Fsp3) is 0.227. The van der Waals surface area contributed by atoms with Gasteiger partial charge in [-0.15, -0.1) is 0 Å². The second kappa shape index (κ2) is 6.41. The van der Waals surface area contributed by atoms with Gasteiger partial charge in [0.1, 0.15) is 17.9 Å². The van der Waals surface area contributed by atoms with Crippen molar-refractivity contribution in [2.24, 2.45) is 5.92 Å². The molecule has 140 valence electrons. The standard InChI is InChI=1S/C22H19FN4O/c1-13-4-2-3-5-17(13)15-10-18-20(19(28)11-15)21(14-6-8-16(23)9-7-14)27-22(26-18)24-12-25-27/h2-10,12,15,20-21H,11H2,1H3,(H,24,25,26)/t15-,20+,21+/m0/s1. The fourth-order valence-corrected chi connectivity index (χ4v) is 4.37. The van der Waals surface area contributed by atoms with Crippen LogP contribution in [0.5, 0.6) is 0 Å². The Labute approximate surface area is 161 Å². The van der Waals surface area contributed by atoms with Crippen molar-refractivity contribution in [2.75, 3.05) is 5.32 Å². The molecule has 3 atom stereocenters. The van der Waals surface area contributed by atoms with Gasteiger partial charge in [0.05, 0.1) is 12.0 Å². The number of rotatable bonds is 2. The van der Waals surface area contributed by atoms with Crippen LogP contribution in [0.25, 0.3) is 0 Å². The Morgan fingerprint density at radius 1 is 1.14 bits per heavy atom. The minimum absolute atomic E-state index is 0.0239. The van der Waals surface area contributed by atoms with Crippen LogP contribution in [-0.4, -0.2) is 20.5 Å². The normalized spacial score (nSPS) is 23.4. The molecule has 0 saturated carbocycles. The van der Waals surface area contributed by atoms with Crippen LogP contribution >= 0.6 is 0 Å². The number of hydrogen-bond acceptors (Lipinski definition) is 4. The maximum atomic E-state index is 13.5. The van der Waals surface area contributed by atoms with Gasteiger partial charge in [0, 0.05) is 18.0 Å². The Bertz CT molecular complexity index is 1090. The van der Waals surface area contributed by atoms with Crippen molar-refractivity contribution in [3.63, 3.8) is 0 Å². The van der Waals surface area contributed by atoms with Crippen LogP contribution in [-0.2, 0) is 4.79 Å². The van der Waals surface area contributed by atoms with E-state index in [1.807, 2.05) is 12.1 Å². The van der Waals surface area contributed by atoms with Crippen molar-refractivity contribution in [1.82, 2.24) is 14.8 Å². The number of aryl methyl sites for hydroxylation is 1. The highest BCUT2D eigenvalue weighted by atomic mass is 19.1. The van der Waals surface area contributed by atoms with E-state index < -0.39 is 0 Å². The molecular weight excluding hydrogens is 355 g/mol. The Hall–Kier alpha value is -3.28. The first-order valence-corrected chi connectivity index (χ1v) is 9.34. The highest BCUT2D eigenvalue weighted by Crippen LogP contribution is 2.44. The smallest absolute Gasteiger partial charge is 0.226 e. The number of nitrogens with one attached hydrogen (secondary N) is 1. The predicted octanol–water partition coefficient (Wildman–Crippen LogP) is 4.00. The summed E-state index contributed by atoms with van der Waals surface area (Å²) in [7, 11) is 0. The molecule has 1 aliphatic heterocycles. The lowest BCUT2D eigenvalue weighted by Crippen LogP contribution is -2.40. The molecule has 0 radical (unpaired) electrons. The molecular formula is C22H19FN4O. The number of benzene rings is 2. The molecule has 0 unspecified atom stereocenters. The Morgan fingerprint density at radius 3 is 2.71 bits per heavy atom. The average Bonchev–Trinajstić information content (AvgIpc) is 3.15. The molecule has 3 aromatic rings. The topological polar surface area (TPSA) is 59.8 Å². The summed E-state index contributed by atoms with van der Waals surface area (Å²) in [5, 5.41) is 7.62. The minimum atomic E-state index is -0.389. The Morgan fingerprint density at radius 2 is 1.93 bits per heavy atom. The van der Waals surface area contributed by atoms with Crippen LogP contribution in [0.15, 0.2) is 66.6 Å². The molecule has 0 fully saturated rings. The van der Waals surface area contributed by atoms with Gasteiger partial charge in [-0.3, -0.25) is 4.79 Å². The number of carbonyl (C=O) groups is 1. The molecule has 28 heavy (non-hydrogen) atoms. The zero-order chi connectivity index (χ0) is 19.3. The van der Waals surface area contributed by atoms with E-state index in [1.54, 1.807) is 16.8 Å². The van der Waals surface area contributed by atoms with E-state index in [0.29, 0.717) is 12.4 Å². The maximum Gasteiger partial charge on any atom is 0.226 e. The summed E-state index contributed by atoms with van der Waals surface area (Å²) in [5.41, 5.74) is 4.02. The van der Waals surface area contributed by atoms with Crippen molar-refractivity contribution in [2.45, 2.75) is 25.3 Å². The molecule has 1 N–H and O–H groups in total. The molecule has 2 aromatic carbocycles. The SMILES string of the molecule is Cc1ccccc1[C@H]1C=C2Nc3ncnn3[C@H](c3ccc(F)cc3)[C@H]2C(=O)C1. The molecule has 2 heterocycles. The van der Waals surface area contributed by atoms with Crippen LogP contribution in [0.2, 0.25) is 0 Å². The third-order valence-electron chi connectivity index (χ3n) is 5.69. The zero-order valence-corrected chi connectivity index (χ0v) is 15.3. The van der Waals surface area contributed by atoms with Gasteiger partial charge >= 0.3 is 0 Å². The number of hydrogen-bond donors (Lipinski definition) is 1. The Kier molecular flexibility index (Phi) is 3.86. The van der Waals surface area contributed by atoms with Crippen LogP contribution in [0.4, 0.5) is 10.3 Å². The van der Waals surface area contributed by atoms with E-state index in [-0.39, 0.29) is 29.5 Å². The molecule has 1 aromatic heterocycles. The second-order valence-corrected chi connectivity index (χ2v) is 7.38. The van der Waals surface area contributed by atoms with Crippen molar-refractivity contribution in [3.05, 3.63) is 89.1 Å². The van der Waals surface area contributed by atoms with Crippen LogP contribution in [0.3, 0.4) is 0 Å². The van der Waals surface area contributed by atoms with Crippen LogP contribution in [0, 0.1) is 18.7 Å². The van der Waals surface area contributed by atoms with Gasteiger partial charge < -0.3 is 5.32 Å². The van der Waals surface area contributed by atoms with E-state index in [9.17, 15) is 9.18 Å². The quantitative estimate of drug-likeness (QED) is 0.737. The zero-order valence-electron chi connectivity index (χ0n) is 15.3. The summed E-state index contributed by atoms with van der Waals surface area (Å²) in [6.07, 6.45) is 4.05. The monoisotopic (exact) mass is 374 g/mol. The summed E-state index contributed by atoms with van der Waals surface area (Å²) in [4.78, 5) is 17.6.